The van der Waals surface area contributed by atoms with Crippen LogP contribution in [-0.4, -0.2) is 52.2 Å². The van der Waals surface area contributed by atoms with Crippen molar-refractivity contribution in [2.75, 3.05) is 20.8 Å². The molecule has 0 aliphatic carbocycles. The highest BCUT2D eigenvalue weighted by Gasteiger charge is 2.13. The van der Waals surface area contributed by atoms with Crippen LogP contribution in [0.4, 0.5) is 0 Å². The molecule has 0 fully saturated rings. The molecule has 1 heterocycles. The first kappa shape index (κ1) is 22.1. The Morgan fingerprint density at radius 2 is 1.55 bits per heavy atom. The third-order valence-electron chi connectivity index (χ3n) is 4.71. The lowest BCUT2D eigenvalue weighted by Crippen LogP contribution is -2.24. The third-order valence-corrected chi connectivity index (χ3v) is 4.71. The number of rotatable bonds is 10. The van der Waals surface area contributed by atoms with Crippen LogP contribution in [0.2, 0.25) is 0 Å². The predicted molar refractivity (Wildman–Crippen MR) is 121 cm³/mol. The number of hydrogen-bond acceptors (Lipinski definition) is 8. The van der Waals surface area contributed by atoms with Crippen molar-refractivity contribution in [2.24, 2.45) is 0 Å². The van der Waals surface area contributed by atoms with E-state index in [-0.39, 0.29) is 13.2 Å². The average molecular weight is 448 g/mol. The normalized spacial score (nSPS) is 11.6. The van der Waals surface area contributed by atoms with Gasteiger partial charge in [-0.3, -0.25) is 0 Å². The molecule has 9 nitrogen and oxygen atoms in total. The van der Waals surface area contributed by atoms with Crippen LogP contribution in [0.5, 0.6) is 28.7 Å². The number of aliphatic hydroxyl groups excluding tert-OH is 1. The van der Waals surface area contributed by atoms with Gasteiger partial charge in [0, 0.05) is 5.56 Å². The number of tetrazole rings is 1. The van der Waals surface area contributed by atoms with Gasteiger partial charge in [0.1, 0.15) is 30.0 Å². The van der Waals surface area contributed by atoms with Crippen LogP contribution >= 0.6 is 0 Å². The van der Waals surface area contributed by atoms with Gasteiger partial charge in [-0.2, -0.15) is 4.80 Å². The van der Waals surface area contributed by atoms with Gasteiger partial charge in [-0.1, -0.05) is 18.2 Å². The summed E-state index contributed by atoms with van der Waals surface area (Å²) in [7, 11) is 3.13. The van der Waals surface area contributed by atoms with Crippen LogP contribution in [0, 0.1) is 0 Å². The van der Waals surface area contributed by atoms with E-state index >= 15 is 0 Å². The van der Waals surface area contributed by atoms with Crippen LogP contribution in [0.15, 0.2) is 72.8 Å². The largest absolute Gasteiger partial charge is 0.493 e. The molecular weight excluding hydrogens is 424 g/mol. The Balaban J connectivity index is 1.30. The van der Waals surface area contributed by atoms with Crippen molar-refractivity contribution in [3.63, 3.8) is 0 Å². The third kappa shape index (κ3) is 5.78. The lowest BCUT2D eigenvalue weighted by Gasteiger charge is -2.12. The van der Waals surface area contributed by atoms with Gasteiger partial charge in [0.2, 0.25) is 5.82 Å². The summed E-state index contributed by atoms with van der Waals surface area (Å²) in [5.41, 5.74) is 0.724. The molecule has 4 rings (SSSR count). The van der Waals surface area contributed by atoms with E-state index in [0.29, 0.717) is 28.8 Å². The number of methoxy groups -OCH3 is 2. The van der Waals surface area contributed by atoms with E-state index in [1.54, 1.807) is 38.5 Å². The molecule has 33 heavy (non-hydrogen) atoms. The van der Waals surface area contributed by atoms with E-state index in [0.717, 1.165) is 11.3 Å². The zero-order valence-corrected chi connectivity index (χ0v) is 18.3. The lowest BCUT2D eigenvalue weighted by molar-refractivity contribution is 0.0850. The highest BCUT2D eigenvalue weighted by atomic mass is 16.5. The van der Waals surface area contributed by atoms with Crippen LogP contribution in [0.1, 0.15) is 0 Å². The van der Waals surface area contributed by atoms with Gasteiger partial charge >= 0.3 is 0 Å². The number of nitrogens with zero attached hydrogens (tertiary/aromatic N) is 4. The molecule has 0 spiro atoms. The molecule has 0 saturated heterocycles. The maximum Gasteiger partial charge on any atom is 0.205 e. The summed E-state index contributed by atoms with van der Waals surface area (Å²) in [6.45, 7) is 0.210. The van der Waals surface area contributed by atoms with E-state index < -0.39 is 6.10 Å². The van der Waals surface area contributed by atoms with Crippen molar-refractivity contribution in [1.29, 1.82) is 0 Å². The van der Waals surface area contributed by atoms with Gasteiger partial charge in [-0.05, 0) is 59.8 Å². The number of benzene rings is 3. The maximum absolute atomic E-state index is 10.3. The molecule has 1 N–H and O–H groups in total. The Morgan fingerprint density at radius 3 is 2.27 bits per heavy atom. The van der Waals surface area contributed by atoms with Gasteiger partial charge in [-0.15, -0.1) is 10.2 Å². The van der Waals surface area contributed by atoms with E-state index in [9.17, 15) is 5.11 Å². The Kier molecular flexibility index (Phi) is 7.01. The Morgan fingerprint density at radius 1 is 0.848 bits per heavy atom. The summed E-state index contributed by atoms with van der Waals surface area (Å²) in [5, 5.41) is 22.7. The molecule has 0 bridgehead atoms. The van der Waals surface area contributed by atoms with Crippen LogP contribution in [-0.2, 0) is 6.54 Å². The van der Waals surface area contributed by atoms with E-state index in [1.807, 2.05) is 48.5 Å². The molecule has 1 aromatic heterocycles. The second-order valence-electron chi connectivity index (χ2n) is 7.09. The standard InChI is InChI=1S/C24H24N4O5/c1-30-22-13-8-17(14-23(22)31-2)24-25-27-28(26-24)15-18(29)16-32-19-9-11-21(12-10-19)33-20-6-4-3-5-7-20/h3-14,18,29H,15-16H2,1-2H3. The molecule has 0 saturated carbocycles. The average Bonchev–Trinajstić information content (AvgIpc) is 3.32. The molecule has 0 amide bonds. The van der Waals surface area contributed by atoms with Gasteiger partial charge in [0.05, 0.1) is 20.8 Å². The Bertz CT molecular complexity index is 1170. The molecule has 0 radical (unpaired) electrons. The van der Waals surface area contributed by atoms with Gasteiger partial charge in [-0.25, -0.2) is 0 Å². The SMILES string of the molecule is COc1ccc(-c2nnn(CC(O)COc3ccc(Oc4ccccc4)cc3)n2)cc1OC. The fraction of sp³-hybridized carbons (Fsp3) is 0.208. The summed E-state index contributed by atoms with van der Waals surface area (Å²) in [6.07, 6.45) is -0.822. The molecule has 9 heteroatoms. The Labute approximate surface area is 191 Å². The molecule has 3 aromatic carbocycles. The fourth-order valence-electron chi connectivity index (χ4n) is 3.07. The van der Waals surface area contributed by atoms with Crippen molar-refractivity contribution in [3.8, 4) is 40.1 Å². The van der Waals surface area contributed by atoms with E-state index in [2.05, 4.69) is 15.4 Å². The predicted octanol–water partition coefficient (Wildman–Crippen LogP) is 3.59. The first-order chi connectivity index (χ1) is 16.1. The monoisotopic (exact) mass is 448 g/mol. The van der Waals surface area contributed by atoms with Crippen molar-refractivity contribution >= 4 is 0 Å². The molecule has 4 aromatic rings. The van der Waals surface area contributed by atoms with Gasteiger partial charge in [0.15, 0.2) is 11.5 Å². The maximum atomic E-state index is 10.3. The van der Waals surface area contributed by atoms with Gasteiger partial charge in [0.25, 0.3) is 0 Å². The van der Waals surface area contributed by atoms with Crippen LogP contribution < -0.4 is 18.9 Å². The topological polar surface area (TPSA) is 101 Å². The Hall–Kier alpha value is -4.11. The number of aromatic nitrogens is 4. The number of aliphatic hydroxyl groups is 1. The van der Waals surface area contributed by atoms with Crippen molar-refractivity contribution in [2.45, 2.75) is 12.6 Å². The first-order valence-corrected chi connectivity index (χ1v) is 10.3. The number of ether oxygens (including phenoxy) is 4. The smallest absolute Gasteiger partial charge is 0.205 e. The fourth-order valence-corrected chi connectivity index (χ4v) is 3.07. The lowest BCUT2D eigenvalue weighted by atomic mass is 10.2. The minimum Gasteiger partial charge on any atom is -0.493 e. The molecule has 0 aliphatic rings. The van der Waals surface area contributed by atoms with Crippen LogP contribution in [0.3, 0.4) is 0 Å². The number of hydrogen-bond donors (Lipinski definition) is 1. The second-order valence-corrected chi connectivity index (χ2v) is 7.09. The molecule has 1 unspecified atom stereocenters. The zero-order chi connectivity index (χ0) is 23.0. The summed E-state index contributed by atoms with van der Waals surface area (Å²) in [5.74, 6) is 3.67. The number of para-hydroxylation sites is 1. The highest BCUT2D eigenvalue weighted by Crippen LogP contribution is 2.30. The molecule has 170 valence electrons. The molecule has 1 atom stereocenters. The second kappa shape index (κ2) is 10.5. The van der Waals surface area contributed by atoms with Crippen molar-refractivity contribution in [3.05, 3.63) is 72.8 Å². The summed E-state index contributed by atoms with van der Waals surface area (Å²) in [4.78, 5) is 1.33. The summed E-state index contributed by atoms with van der Waals surface area (Å²) < 4.78 is 22.0. The molecule has 0 aliphatic heterocycles. The van der Waals surface area contributed by atoms with Gasteiger partial charge < -0.3 is 24.1 Å². The highest BCUT2D eigenvalue weighted by molar-refractivity contribution is 5.60. The molecular formula is C24H24N4O5. The van der Waals surface area contributed by atoms with E-state index in [4.69, 9.17) is 18.9 Å². The first-order valence-electron chi connectivity index (χ1n) is 10.3. The quantitative estimate of drug-likeness (QED) is 0.393. The minimum absolute atomic E-state index is 0.0755. The van der Waals surface area contributed by atoms with Crippen molar-refractivity contribution in [1.82, 2.24) is 20.2 Å². The van der Waals surface area contributed by atoms with E-state index in [1.165, 1.54) is 4.80 Å². The zero-order valence-electron chi connectivity index (χ0n) is 18.3. The van der Waals surface area contributed by atoms with Crippen LogP contribution in [0.25, 0.3) is 11.4 Å². The van der Waals surface area contributed by atoms with Crippen molar-refractivity contribution < 1.29 is 24.1 Å². The minimum atomic E-state index is -0.822. The summed E-state index contributed by atoms with van der Waals surface area (Å²) >= 11 is 0. The summed E-state index contributed by atoms with van der Waals surface area (Å²) in [6, 6.07) is 22.1.